The molecule has 0 radical (unpaired) electrons. The lowest BCUT2D eigenvalue weighted by Gasteiger charge is -2.41. The first-order valence-electron chi connectivity index (χ1n) is 18.1. The quantitative estimate of drug-likeness (QED) is 0.258. The summed E-state index contributed by atoms with van der Waals surface area (Å²) < 4.78 is 66.6. The molecule has 250 valence electrons. The second-order valence-corrected chi connectivity index (χ2v) is 14.5. The van der Waals surface area contributed by atoms with Gasteiger partial charge in [0.2, 0.25) is 0 Å². The van der Waals surface area contributed by atoms with Crippen molar-refractivity contribution in [1.82, 2.24) is 25.2 Å². The summed E-state index contributed by atoms with van der Waals surface area (Å²) in [6.07, 6.45) is 10.6. The van der Waals surface area contributed by atoms with Crippen LogP contribution in [0.4, 0.5) is 14.6 Å². The van der Waals surface area contributed by atoms with E-state index in [0.717, 1.165) is 32.4 Å². The van der Waals surface area contributed by atoms with Crippen molar-refractivity contribution in [2.24, 2.45) is 11.8 Å². The first-order chi connectivity index (χ1) is 24.3. The van der Waals surface area contributed by atoms with Crippen LogP contribution in [0.5, 0.6) is 11.8 Å². The predicted octanol–water partition coefficient (Wildman–Crippen LogP) is 5.27. The fraction of sp³-hybridized carbons (Fsp3) is 0.486. The molecule has 0 amide bonds. The van der Waals surface area contributed by atoms with Crippen molar-refractivity contribution in [2.45, 2.75) is 56.7 Å². The normalized spacial score (nSPS) is 29.5. The molecule has 48 heavy (non-hydrogen) atoms. The molecule has 8 rings (SSSR count). The minimum atomic E-state index is -2.55. The number of benzene rings is 2. The molecule has 0 saturated carbocycles. The number of terminal acetylenes is 1. The van der Waals surface area contributed by atoms with E-state index in [1.807, 2.05) is 4.90 Å². The van der Waals surface area contributed by atoms with Gasteiger partial charge in [-0.1, -0.05) is 25.8 Å². The van der Waals surface area contributed by atoms with Gasteiger partial charge in [0.15, 0.2) is 5.82 Å². The largest absolute Gasteiger partial charge is 0.508 e. The average Bonchev–Trinajstić information content (AvgIpc) is 3.66. The number of rotatable bonds is 7. The molecule has 4 aromatic rings. The number of halogens is 2. The summed E-state index contributed by atoms with van der Waals surface area (Å²) in [5, 5.41) is 15.2. The number of fused-ring (bicyclic) bond motifs is 5. The third-order valence-corrected chi connectivity index (χ3v) is 10.8. The molecule has 4 fully saturated rings. The summed E-state index contributed by atoms with van der Waals surface area (Å²) in [6, 6.07) is 5.47. The Kier molecular flexibility index (Phi) is 6.66. The van der Waals surface area contributed by atoms with E-state index in [1.165, 1.54) is 30.5 Å². The zero-order valence-electron chi connectivity index (χ0n) is 30.0. The summed E-state index contributed by atoms with van der Waals surface area (Å²) in [5.41, 5.74) is -0.990. The van der Waals surface area contributed by atoms with E-state index in [-0.39, 0.29) is 57.7 Å². The molecule has 2 N–H and O–H groups in total. The Bertz CT molecular complexity index is 2080. The number of nitrogens with one attached hydrogen (secondary N) is 1. The van der Waals surface area contributed by atoms with Crippen LogP contribution in [0, 0.1) is 35.8 Å². The third-order valence-electron chi connectivity index (χ3n) is 10.8. The molecule has 2 aromatic heterocycles. The molecule has 4 aliphatic heterocycles. The molecule has 0 aliphatic carbocycles. The van der Waals surface area contributed by atoms with Crippen LogP contribution in [0.2, 0.25) is 0 Å². The van der Waals surface area contributed by atoms with Gasteiger partial charge in [-0.15, -0.1) is 6.42 Å². The molecule has 0 spiro atoms. The van der Waals surface area contributed by atoms with Gasteiger partial charge in [0.1, 0.15) is 35.2 Å². The third kappa shape index (κ3) is 5.04. The Hall–Kier alpha value is -4.11. The highest BCUT2D eigenvalue weighted by Crippen LogP contribution is 2.45. The molecule has 4 unspecified atom stereocenters. The molecule has 11 heteroatoms. The van der Waals surface area contributed by atoms with E-state index in [4.69, 9.17) is 25.0 Å². The summed E-state index contributed by atoms with van der Waals surface area (Å²) >= 11 is 0. The van der Waals surface area contributed by atoms with Crippen LogP contribution in [0.25, 0.3) is 32.9 Å². The summed E-state index contributed by atoms with van der Waals surface area (Å²) in [5.74, 6) is 2.19. The van der Waals surface area contributed by atoms with Gasteiger partial charge in [-0.3, -0.25) is 9.88 Å². The van der Waals surface area contributed by atoms with Crippen LogP contribution in [-0.4, -0.2) is 88.5 Å². The summed E-state index contributed by atoms with van der Waals surface area (Å²) in [4.78, 5) is 18.5. The number of hydrogen-bond donors (Lipinski definition) is 2. The van der Waals surface area contributed by atoms with Crippen molar-refractivity contribution in [3.05, 3.63) is 47.7 Å². The number of piperazine rings is 1. The van der Waals surface area contributed by atoms with Crippen LogP contribution in [0.3, 0.4) is 0 Å². The summed E-state index contributed by atoms with van der Waals surface area (Å²) in [7, 11) is -2.55. The van der Waals surface area contributed by atoms with E-state index in [9.17, 15) is 9.50 Å². The minimum Gasteiger partial charge on any atom is -0.508 e. The molecular weight excluding hydrogens is 614 g/mol. The topological polar surface area (TPSA) is 95.9 Å². The maximum atomic E-state index is 17.1. The maximum Gasteiger partial charge on any atom is 0.319 e. The van der Waals surface area contributed by atoms with Gasteiger partial charge in [-0.25, -0.2) is 8.78 Å². The van der Waals surface area contributed by atoms with Gasteiger partial charge in [-0.2, -0.15) is 9.97 Å². The smallest absolute Gasteiger partial charge is 0.319 e. The number of nitrogens with zero attached hydrogens (tertiary/aromatic N) is 5. The number of aromatic hydroxyl groups is 1. The lowest BCUT2D eigenvalue weighted by Crippen LogP contribution is -2.61. The van der Waals surface area contributed by atoms with E-state index in [2.05, 4.69) is 40.0 Å². The molecule has 9 nitrogen and oxygen atoms in total. The molecule has 2 aromatic carbocycles. The SMILES string of the molecule is [2H]C([2H])([2H])OCC12CCC(CN(c3nc(OCC45CC(C)CN4CC(C)C5)nc4c(F)c(-c5cc(O)cc6ccc(F)c(C#C)c56)ncc34)C1)N2. The van der Waals surface area contributed by atoms with E-state index >= 15 is 4.39 Å². The number of hydrogen-bond acceptors (Lipinski definition) is 9. The standard InChI is InChI=1S/C37H40F2N6O3/c1-5-26-29(38)7-6-23-10-25(46)11-27(30(23)26)32-31(39)33-28(14-40-32)34(44-17-24-8-9-36(18-44,43-24)19-47-4)42-35(41-33)48-20-37-12-21(2)15-45(37)16-22(3)13-37/h1,6-7,10-11,14,21-22,24,43,46H,8-9,12-13,15-20H2,2-4H3/i4D3. The van der Waals surface area contributed by atoms with Crippen molar-refractivity contribution >= 4 is 27.5 Å². The van der Waals surface area contributed by atoms with Crippen LogP contribution < -0.4 is 15.0 Å². The lowest BCUT2D eigenvalue weighted by atomic mass is 9.89. The highest BCUT2D eigenvalue weighted by Gasteiger charge is 2.50. The Balaban J connectivity index is 1.25. The fourth-order valence-electron chi connectivity index (χ4n) is 9.10. The van der Waals surface area contributed by atoms with Gasteiger partial charge in [0.25, 0.3) is 0 Å². The van der Waals surface area contributed by atoms with Gasteiger partial charge < -0.3 is 24.8 Å². The number of aromatic nitrogens is 3. The molecule has 4 aliphatic rings. The zero-order valence-corrected chi connectivity index (χ0v) is 27.0. The average molecular weight is 658 g/mol. The van der Waals surface area contributed by atoms with Crippen molar-refractivity contribution < 1.29 is 27.5 Å². The number of pyridine rings is 1. The minimum absolute atomic E-state index is 0.0109. The highest BCUT2D eigenvalue weighted by molar-refractivity contribution is 6.03. The predicted molar refractivity (Wildman–Crippen MR) is 180 cm³/mol. The molecule has 4 atom stereocenters. The van der Waals surface area contributed by atoms with Gasteiger partial charge in [0, 0.05) is 56.4 Å². The first kappa shape index (κ1) is 27.8. The molecule has 4 saturated heterocycles. The van der Waals surface area contributed by atoms with Gasteiger partial charge in [0.05, 0.1) is 32.7 Å². The molecule has 6 heterocycles. The number of ether oxygens (including phenoxy) is 2. The second kappa shape index (κ2) is 11.5. The lowest BCUT2D eigenvalue weighted by molar-refractivity contribution is 0.107. The highest BCUT2D eigenvalue weighted by atomic mass is 19.1. The molecule has 2 bridgehead atoms. The number of methoxy groups -OCH3 is 1. The van der Waals surface area contributed by atoms with Crippen LogP contribution in [0.1, 0.15) is 49.2 Å². The van der Waals surface area contributed by atoms with Crippen LogP contribution >= 0.6 is 0 Å². The van der Waals surface area contributed by atoms with Gasteiger partial charge >= 0.3 is 6.01 Å². The zero-order chi connectivity index (χ0) is 35.9. The molecular formula is C37H40F2N6O3. The monoisotopic (exact) mass is 657 g/mol. The van der Waals surface area contributed by atoms with E-state index in [1.54, 1.807) is 0 Å². The number of phenols is 1. The Labute approximate surface area is 282 Å². The van der Waals surface area contributed by atoms with Crippen molar-refractivity contribution in [3.8, 4) is 35.4 Å². The maximum absolute atomic E-state index is 17.1. The Morgan fingerprint density at radius 3 is 2.73 bits per heavy atom. The van der Waals surface area contributed by atoms with E-state index < -0.39 is 24.2 Å². The summed E-state index contributed by atoms with van der Waals surface area (Å²) in [6.45, 7) is 7.65. The second-order valence-electron chi connectivity index (χ2n) is 14.5. The Morgan fingerprint density at radius 2 is 1.96 bits per heavy atom. The van der Waals surface area contributed by atoms with Crippen LogP contribution in [-0.2, 0) is 4.74 Å². The first-order valence-corrected chi connectivity index (χ1v) is 16.6. The Morgan fingerprint density at radius 1 is 1.15 bits per heavy atom. The number of anilines is 1. The van der Waals surface area contributed by atoms with Crippen LogP contribution in [0.15, 0.2) is 30.5 Å². The van der Waals surface area contributed by atoms with E-state index in [0.29, 0.717) is 54.5 Å². The van der Waals surface area contributed by atoms with Crippen molar-refractivity contribution in [1.29, 1.82) is 0 Å². The van der Waals surface area contributed by atoms with Gasteiger partial charge in [-0.05, 0) is 61.1 Å². The number of phenolic OH excluding ortho intramolecular Hbond substituents is 1. The fourth-order valence-corrected chi connectivity index (χ4v) is 9.10. The van der Waals surface area contributed by atoms with Crippen molar-refractivity contribution in [3.63, 3.8) is 0 Å². The van der Waals surface area contributed by atoms with Crippen molar-refractivity contribution in [2.75, 3.05) is 51.3 Å².